The lowest BCUT2D eigenvalue weighted by atomic mass is 10.1. The molecule has 1 aromatic carbocycles. The van der Waals surface area contributed by atoms with E-state index < -0.39 is 16.6 Å². The van der Waals surface area contributed by atoms with Crippen molar-refractivity contribution in [1.82, 2.24) is 4.98 Å². The predicted octanol–water partition coefficient (Wildman–Crippen LogP) is 2.38. The van der Waals surface area contributed by atoms with Crippen molar-refractivity contribution in [3.8, 4) is 0 Å². The topological polar surface area (TPSA) is 85.1 Å². The van der Waals surface area contributed by atoms with Crippen molar-refractivity contribution in [2.45, 2.75) is 0 Å². The van der Waals surface area contributed by atoms with Crippen molar-refractivity contribution in [1.29, 1.82) is 0 Å². The molecule has 0 radical (unpaired) electrons. The number of hydrogen-bond acceptors (Lipinski definition) is 4. The molecule has 6 nitrogen and oxygen atoms in total. The molecule has 0 aliphatic rings. The van der Waals surface area contributed by atoms with Crippen LogP contribution in [0.4, 0.5) is 15.9 Å². The third-order valence-corrected chi connectivity index (χ3v) is 2.31. The van der Waals surface area contributed by atoms with Crippen LogP contribution in [0.2, 0.25) is 0 Å². The maximum atomic E-state index is 12.7. The Morgan fingerprint density at radius 3 is 2.63 bits per heavy atom. The van der Waals surface area contributed by atoms with Gasteiger partial charge in [0, 0.05) is 6.07 Å². The smallest absolute Gasteiger partial charge is 0.282 e. The first-order valence-corrected chi connectivity index (χ1v) is 5.24. The molecule has 0 unspecified atom stereocenters. The van der Waals surface area contributed by atoms with E-state index in [0.29, 0.717) is 0 Å². The van der Waals surface area contributed by atoms with Crippen molar-refractivity contribution in [2.24, 2.45) is 0 Å². The second kappa shape index (κ2) is 5.21. The van der Waals surface area contributed by atoms with Gasteiger partial charge in [-0.3, -0.25) is 14.9 Å². The summed E-state index contributed by atoms with van der Waals surface area (Å²) < 4.78 is 12.7. The standard InChI is InChI=1S/C12H8FN3O3/c13-8-5-6-11(14-7-8)15-12(17)9-3-1-2-4-10(9)16(18)19/h1-7H,(H,14,15,17). The van der Waals surface area contributed by atoms with E-state index in [4.69, 9.17) is 0 Å². The van der Waals surface area contributed by atoms with Crippen molar-refractivity contribution >= 4 is 17.4 Å². The summed E-state index contributed by atoms with van der Waals surface area (Å²) in [5, 5.41) is 13.1. The van der Waals surface area contributed by atoms with E-state index in [1.807, 2.05) is 0 Å². The number of anilines is 1. The molecular formula is C12H8FN3O3. The molecule has 1 N–H and O–H groups in total. The lowest BCUT2D eigenvalue weighted by Gasteiger charge is -2.04. The summed E-state index contributed by atoms with van der Waals surface area (Å²) in [5.74, 6) is -1.10. The molecule has 0 fully saturated rings. The number of aromatic nitrogens is 1. The number of nitrogens with zero attached hydrogens (tertiary/aromatic N) is 2. The molecule has 7 heteroatoms. The van der Waals surface area contributed by atoms with Gasteiger partial charge < -0.3 is 5.32 Å². The van der Waals surface area contributed by atoms with Gasteiger partial charge in [0.1, 0.15) is 17.2 Å². The Balaban J connectivity index is 2.25. The summed E-state index contributed by atoms with van der Waals surface area (Å²) in [6.07, 6.45) is 0.940. The van der Waals surface area contributed by atoms with Crippen LogP contribution >= 0.6 is 0 Å². The zero-order valence-corrected chi connectivity index (χ0v) is 9.54. The van der Waals surface area contributed by atoms with E-state index in [1.54, 1.807) is 0 Å². The van der Waals surface area contributed by atoms with Crippen molar-refractivity contribution in [3.05, 3.63) is 64.1 Å². The first-order valence-electron chi connectivity index (χ1n) is 5.24. The van der Waals surface area contributed by atoms with Gasteiger partial charge in [-0.05, 0) is 18.2 Å². The molecule has 19 heavy (non-hydrogen) atoms. The second-order valence-corrected chi connectivity index (χ2v) is 3.59. The van der Waals surface area contributed by atoms with Gasteiger partial charge in [0.05, 0.1) is 11.1 Å². The first kappa shape index (κ1) is 12.6. The Labute approximate surface area is 107 Å². The number of nitrogens with one attached hydrogen (secondary N) is 1. The van der Waals surface area contributed by atoms with Gasteiger partial charge in [0.15, 0.2) is 0 Å². The molecule has 1 heterocycles. The summed E-state index contributed by atoms with van der Waals surface area (Å²) in [5.41, 5.74) is -0.388. The molecule has 1 aromatic heterocycles. The third-order valence-electron chi connectivity index (χ3n) is 2.31. The maximum Gasteiger partial charge on any atom is 0.282 e. The zero-order chi connectivity index (χ0) is 13.8. The fourth-order valence-electron chi connectivity index (χ4n) is 1.46. The highest BCUT2D eigenvalue weighted by Gasteiger charge is 2.19. The number of para-hydroxylation sites is 1. The van der Waals surface area contributed by atoms with Gasteiger partial charge in [-0.15, -0.1) is 0 Å². The summed E-state index contributed by atoms with van der Waals surface area (Å²) >= 11 is 0. The van der Waals surface area contributed by atoms with Gasteiger partial charge in [0.2, 0.25) is 0 Å². The Morgan fingerprint density at radius 1 is 1.26 bits per heavy atom. The van der Waals surface area contributed by atoms with Crippen LogP contribution in [-0.4, -0.2) is 15.8 Å². The number of amides is 1. The van der Waals surface area contributed by atoms with Crippen LogP contribution in [0, 0.1) is 15.9 Å². The normalized spacial score (nSPS) is 9.95. The highest BCUT2D eigenvalue weighted by molar-refractivity contribution is 6.06. The van der Waals surface area contributed by atoms with Crippen LogP contribution in [0.1, 0.15) is 10.4 Å². The number of pyridine rings is 1. The summed E-state index contributed by atoms with van der Waals surface area (Å²) in [6, 6.07) is 7.93. The molecule has 0 saturated carbocycles. The fourth-order valence-corrected chi connectivity index (χ4v) is 1.46. The van der Waals surface area contributed by atoms with E-state index in [2.05, 4.69) is 10.3 Å². The van der Waals surface area contributed by atoms with Crippen molar-refractivity contribution in [2.75, 3.05) is 5.32 Å². The van der Waals surface area contributed by atoms with E-state index in [9.17, 15) is 19.3 Å². The monoisotopic (exact) mass is 261 g/mol. The van der Waals surface area contributed by atoms with Crippen LogP contribution in [0.5, 0.6) is 0 Å². The summed E-state index contributed by atoms with van der Waals surface area (Å²) in [6.45, 7) is 0. The fraction of sp³-hybridized carbons (Fsp3) is 0. The van der Waals surface area contributed by atoms with E-state index >= 15 is 0 Å². The Morgan fingerprint density at radius 2 is 2.00 bits per heavy atom. The first-order chi connectivity index (χ1) is 9.08. The lowest BCUT2D eigenvalue weighted by molar-refractivity contribution is -0.385. The number of rotatable bonds is 3. The Hall–Kier alpha value is -2.83. The molecule has 0 saturated heterocycles. The van der Waals surface area contributed by atoms with Gasteiger partial charge in [-0.1, -0.05) is 12.1 Å². The van der Waals surface area contributed by atoms with Crippen LogP contribution in [-0.2, 0) is 0 Å². The molecular weight excluding hydrogens is 253 g/mol. The van der Waals surface area contributed by atoms with Crippen molar-refractivity contribution in [3.63, 3.8) is 0 Å². The quantitative estimate of drug-likeness (QED) is 0.679. The van der Waals surface area contributed by atoms with Gasteiger partial charge in [-0.25, -0.2) is 9.37 Å². The van der Waals surface area contributed by atoms with Crippen LogP contribution in [0.25, 0.3) is 0 Å². The number of nitro benzene ring substituents is 1. The number of nitro groups is 1. The van der Waals surface area contributed by atoms with E-state index in [-0.39, 0.29) is 17.1 Å². The minimum absolute atomic E-state index is 0.0846. The minimum atomic E-state index is -0.675. The van der Waals surface area contributed by atoms with Crippen LogP contribution < -0.4 is 5.32 Å². The average Bonchev–Trinajstić information content (AvgIpc) is 2.41. The highest BCUT2D eigenvalue weighted by atomic mass is 19.1. The molecule has 0 aliphatic carbocycles. The number of carbonyl (C=O) groups excluding carboxylic acids is 1. The van der Waals surface area contributed by atoms with Crippen LogP contribution in [0.15, 0.2) is 42.6 Å². The maximum absolute atomic E-state index is 12.7. The van der Waals surface area contributed by atoms with Gasteiger partial charge >= 0.3 is 0 Å². The minimum Gasteiger partial charge on any atom is -0.306 e. The number of hydrogen-bond donors (Lipinski definition) is 1. The van der Waals surface area contributed by atoms with Gasteiger partial charge in [0.25, 0.3) is 11.6 Å². The average molecular weight is 261 g/mol. The zero-order valence-electron chi connectivity index (χ0n) is 9.54. The summed E-state index contributed by atoms with van der Waals surface area (Å²) in [7, 11) is 0. The third kappa shape index (κ3) is 2.89. The SMILES string of the molecule is O=C(Nc1ccc(F)cn1)c1ccccc1[N+](=O)[O-]. The molecule has 1 amide bonds. The van der Waals surface area contributed by atoms with Crippen molar-refractivity contribution < 1.29 is 14.1 Å². The predicted molar refractivity (Wildman–Crippen MR) is 65.2 cm³/mol. The Bertz CT molecular complexity index is 628. The molecule has 2 aromatic rings. The number of benzene rings is 1. The van der Waals surface area contributed by atoms with E-state index in [0.717, 1.165) is 12.3 Å². The van der Waals surface area contributed by atoms with Crippen LogP contribution in [0.3, 0.4) is 0 Å². The van der Waals surface area contributed by atoms with Gasteiger partial charge in [-0.2, -0.15) is 0 Å². The van der Waals surface area contributed by atoms with E-state index in [1.165, 1.54) is 30.3 Å². The molecule has 0 spiro atoms. The largest absolute Gasteiger partial charge is 0.306 e. The number of carbonyl (C=O) groups is 1. The lowest BCUT2D eigenvalue weighted by Crippen LogP contribution is -2.14. The number of halogens is 1. The molecule has 0 bridgehead atoms. The molecule has 96 valence electrons. The molecule has 0 aliphatic heterocycles. The Kier molecular flexibility index (Phi) is 3.46. The molecule has 0 atom stereocenters. The molecule has 2 rings (SSSR count). The summed E-state index contributed by atoms with van der Waals surface area (Å²) in [4.78, 5) is 25.7. The highest BCUT2D eigenvalue weighted by Crippen LogP contribution is 2.18. The second-order valence-electron chi connectivity index (χ2n) is 3.59.